The van der Waals surface area contributed by atoms with E-state index in [0.717, 1.165) is 21.0 Å². The van der Waals surface area contributed by atoms with Crippen molar-refractivity contribution in [1.29, 1.82) is 0 Å². The Morgan fingerprint density at radius 1 is 0.963 bits per heavy atom. The molecule has 3 aromatic carbocycles. The van der Waals surface area contributed by atoms with Crippen LogP contribution in [0.1, 0.15) is 16.1 Å². The van der Waals surface area contributed by atoms with E-state index in [4.69, 9.17) is 0 Å². The number of aryl methyl sites for hydroxylation is 1. The Labute approximate surface area is 154 Å². The van der Waals surface area contributed by atoms with Gasteiger partial charge in [0.2, 0.25) is 0 Å². The van der Waals surface area contributed by atoms with Gasteiger partial charge in [-0.15, -0.1) is 0 Å². The highest BCUT2D eigenvalue weighted by molar-refractivity contribution is 6.05. The van der Waals surface area contributed by atoms with E-state index in [0.29, 0.717) is 10.8 Å². The van der Waals surface area contributed by atoms with Crippen LogP contribution in [0, 0.1) is 0 Å². The van der Waals surface area contributed by atoms with Crippen LogP contribution in [-0.2, 0) is 7.05 Å². The first kappa shape index (κ1) is 16.7. The third kappa shape index (κ3) is 3.08. The molecule has 0 saturated carbocycles. The van der Waals surface area contributed by atoms with Gasteiger partial charge in [-0.05, 0) is 16.8 Å². The number of carbonyl (C=O) groups is 1. The molecule has 0 unspecified atom stereocenters. The fourth-order valence-corrected chi connectivity index (χ4v) is 3.04. The molecule has 27 heavy (non-hydrogen) atoms. The molecule has 0 fully saturated rings. The summed E-state index contributed by atoms with van der Waals surface area (Å²) in [5.74, 6) is -0.474. The zero-order chi connectivity index (χ0) is 18.8. The minimum absolute atomic E-state index is 0.155. The van der Waals surface area contributed by atoms with Gasteiger partial charge in [-0.3, -0.25) is 9.59 Å². The zero-order valence-corrected chi connectivity index (χ0v) is 14.6. The molecular weight excluding hydrogens is 340 g/mol. The number of hydrogen-bond donors (Lipinski definition) is 1. The van der Waals surface area contributed by atoms with E-state index in [1.165, 1.54) is 7.05 Å². The molecular formula is C21H16N4O2. The smallest absolute Gasteiger partial charge is 0.267 e. The number of hydrazone groups is 1. The fourth-order valence-electron chi connectivity index (χ4n) is 3.04. The van der Waals surface area contributed by atoms with Crippen LogP contribution in [-0.4, -0.2) is 21.9 Å². The van der Waals surface area contributed by atoms with E-state index >= 15 is 0 Å². The van der Waals surface area contributed by atoms with E-state index in [2.05, 4.69) is 15.6 Å². The lowest BCUT2D eigenvalue weighted by molar-refractivity contribution is 0.0950. The van der Waals surface area contributed by atoms with Crippen molar-refractivity contribution in [3.05, 3.63) is 88.3 Å². The molecule has 0 radical (unpaired) electrons. The Hall–Kier alpha value is -3.80. The second kappa shape index (κ2) is 6.84. The van der Waals surface area contributed by atoms with Gasteiger partial charge < -0.3 is 0 Å². The number of hydrogen-bond acceptors (Lipinski definition) is 4. The SMILES string of the molecule is Cn1nc(C(=O)N/N=C/c2cccc3ccccc23)c2ccccc2c1=O. The quantitative estimate of drug-likeness (QED) is 0.453. The van der Waals surface area contributed by atoms with E-state index in [9.17, 15) is 9.59 Å². The fraction of sp³-hybridized carbons (Fsp3) is 0.0476. The lowest BCUT2D eigenvalue weighted by atomic mass is 10.1. The summed E-state index contributed by atoms with van der Waals surface area (Å²) in [5, 5.41) is 11.3. The normalized spacial score (nSPS) is 11.3. The van der Waals surface area contributed by atoms with Crippen LogP contribution in [0.15, 0.2) is 76.6 Å². The van der Waals surface area contributed by atoms with Crippen molar-refractivity contribution in [2.24, 2.45) is 12.1 Å². The van der Waals surface area contributed by atoms with Gasteiger partial charge >= 0.3 is 0 Å². The lowest BCUT2D eigenvalue weighted by Gasteiger charge is -2.06. The monoisotopic (exact) mass is 356 g/mol. The van der Waals surface area contributed by atoms with Crippen molar-refractivity contribution in [3.8, 4) is 0 Å². The van der Waals surface area contributed by atoms with Crippen LogP contribution in [0.4, 0.5) is 0 Å². The van der Waals surface area contributed by atoms with Crippen molar-refractivity contribution in [1.82, 2.24) is 15.2 Å². The molecule has 1 N–H and O–H groups in total. The van der Waals surface area contributed by atoms with Crippen LogP contribution >= 0.6 is 0 Å². The Bertz CT molecular complexity index is 1250. The maximum atomic E-state index is 12.6. The maximum absolute atomic E-state index is 12.6. The Balaban J connectivity index is 1.65. The summed E-state index contributed by atoms with van der Waals surface area (Å²) in [5.41, 5.74) is 3.31. The molecule has 6 heteroatoms. The van der Waals surface area contributed by atoms with Crippen molar-refractivity contribution >= 4 is 33.7 Å². The average molecular weight is 356 g/mol. The molecule has 6 nitrogen and oxygen atoms in total. The number of rotatable bonds is 3. The highest BCUT2D eigenvalue weighted by Crippen LogP contribution is 2.17. The minimum Gasteiger partial charge on any atom is -0.267 e. The van der Waals surface area contributed by atoms with Crippen LogP contribution in [0.2, 0.25) is 0 Å². The Morgan fingerprint density at radius 3 is 2.44 bits per heavy atom. The summed E-state index contributed by atoms with van der Waals surface area (Å²) < 4.78 is 1.16. The van der Waals surface area contributed by atoms with Gasteiger partial charge in [0, 0.05) is 18.0 Å². The van der Waals surface area contributed by atoms with E-state index < -0.39 is 5.91 Å². The highest BCUT2D eigenvalue weighted by Gasteiger charge is 2.14. The Kier molecular flexibility index (Phi) is 4.22. The molecule has 0 atom stereocenters. The lowest BCUT2D eigenvalue weighted by Crippen LogP contribution is -2.27. The zero-order valence-electron chi connectivity index (χ0n) is 14.6. The molecule has 0 aliphatic rings. The van der Waals surface area contributed by atoms with E-state index in [-0.39, 0.29) is 11.3 Å². The standard InChI is InChI=1S/C21H16N4O2/c1-25-21(27)18-12-5-4-11-17(18)19(24-25)20(26)23-22-13-15-9-6-8-14-7-2-3-10-16(14)15/h2-13H,1H3,(H,23,26)/b22-13+. The van der Waals surface area contributed by atoms with Gasteiger partial charge in [-0.2, -0.15) is 10.2 Å². The van der Waals surface area contributed by atoms with Crippen molar-refractivity contribution < 1.29 is 4.79 Å². The van der Waals surface area contributed by atoms with Crippen LogP contribution in [0.25, 0.3) is 21.5 Å². The van der Waals surface area contributed by atoms with Crippen LogP contribution < -0.4 is 11.0 Å². The van der Waals surface area contributed by atoms with Crippen molar-refractivity contribution in [3.63, 3.8) is 0 Å². The summed E-state index contributed by atoms with van der Waals surface area (Å²) in [6, 6.07) is 20.7. The van der Waals surface area contributed by atoms with E-state index in [1.54, 1.807) is 30.5 Å². The number of nitrogens with one attached hydrogen (secondary N) is 1. The van der Waals surface area contributed by atoms with E-state index in [1.807, 2.05) is 42.5 Å². The summed E-state index contributed by atoms with van der Waals surface area (Å²) in [6.45, 7) is 0. The molecule has 0 aliphatic heterocycles. The number of amides is 1. The largest absolute Gasteiger partial charge is 0.292 e. The van der Waals surface area contributed by atoms with Crippen molar-refractivity contribution in [2.45, 2.75) is 0 Å². The first-order valence-electron chi connectivity index (χ1n) is 8.42. The molecule has 0 aliphatic carbocycles. The van der Waals surface area contributed by atoms with Crippen molar-refractivity contribution in [2.75, 3.05) is 0 Å². The number of carbonyl (C=O) groups excluding carboxylic acids is 1. The molecule has 4 rings (SSSR count). The second-order valence-corrected chi connectivity index (χ2v) is 6.09. The molecule has 1 heterocycles. The summed E-state index contributed by atoms with van der Waals surface area (Å²) in [4.78, 5) is 24.7. The predicted octanol–water partition coefficient (Wildman–Crippen LogP) is 2.85. The predicted molar refractivity (Wildman–Crippen MR) is 106 cm³/mol. The van der Waals surface area contributed by atoms with Gasteiger partial charge in [-0.1, -0.05) is 60.7 Å². The second-order valence-electron chi connectivity index (χ2n) is 6.09. The highest BCUT2D eigenvalue weighted by atomic mass is 16.2. The maximum Gasteiger partial charge on any atom is 0.292 e. The summed E-state index contributed by atoms with van der Waals surface area (Å²) in [6.07, 6.45) is 1.60. The van der Waals surface area contributed by atoms with Gasteiger partial charge in [0.05, 0.1) is 11.6 Å². The minimum atomic E-state index is -0.474. The van der Waals surface area contributed by atoms with Gasteiger partial charge in [0.1, 0.15) is 0 Å². The van der Waals surface area contributed by atoms with Crippen LogP contribution in [0.5, 0.6) is 0 Å². The molecule has 1 aromatic heterocycles. The van der Waals surface area contributed by atoms with Gasteiger partial charge in [0.15, 0.2) is 5.69 Å². The molecule has 1 amide bonds. The number of aromatic nitrogens is 2. The van der Waals surface area contributed by atoms with Crippen LogP contribution in [0.3, 0.4) is 0 Å². The molecule has 132 valence electrons. The summed E-state index contributed by atoms with van der Waals surface area (Å²) in [7, 11) is 1.52. The first-order valence-corrected chi connectivity index (χ1v) is 8.42. The Morgan fingerprint density at radius 2 is 1.63 bits per heavy atom. The topological polar surface area (TPSA) is 76.3 Å². The number of fused-ring (bicyclic) bond motifs is 2. The molecule has 0 saturated heterocycles. The average Bonchev–Trinajstić information content (AvgIpc) is 2.71. The molecule has 4 aromatic rings. The third-order valence-corrected chi connectivity index (χ3v) is 4.36. The third-order valence-electron chi connectivity index (χ3n) is 4.36. The van der Waals surface area contributed by atoms with Gasteiger partial charge in [-0.25, -0.2) is 10.1 Å². The first-order chi connectivity index (χ1) is 13.1. The number of benzene rings is 3. The molecule has 0 spiro atoms. The van der Waals surface area contributed by atoms with Gasteiger partial charge in [0.25, 0.3) is 11.5 Å². The summed E-state index contributed by atoms with van der Waals surface area (Å²) >= 11 is 0. The molecule has 0 bridgehead atoms. The number of nitrogens with zero attached hydrogens (tertiary/aromatic N) is 3.